The number of Topliss-reactive ketones (excluding diaryl/α,β-unsaturated/α-hetero) is 1. The second-order valence-corrected chi connectivity index (χ2v) is 6.58. The van der Waals surface area contributed by atoms with Crippen molar-refractivity contribution in [3.05, 3.63) is 66.5 Å². The third kappa shape index (κ3) is 3.36. The Hall–Kier alpha value is -3.54. The van der Waals surface area contributed by atoms with E-state index in [-0.39, 0.29) is 5.78 Å². The van der Waals surface area contributed by atoms with E-state index in [0.717, 1.165) is 35.4 Å². The van der Waals surface area contributed by atoms with Crippen molar-refractivity contribution in [1.29, 1.82) is 0 Å². The van der Waals surface area contributed by atoms with Crippen LogP contribution in [0.25, 0.3) is 28.2 Å². The van der Waals surface area contributed by atoms with Gasteiger partial charge in [0.25, 0.3) is 0 Å². The van der Waals surface area contributed by atoms with Crippen LogP contribution < -0.4 is 5.32 Å². The smallest absolute Gasteiger partial charge is 0.170 e. The first-order valence-electron chi connectivity index (χ1n) is 9.33. The van der Waals surface area contributed by atoms with Crippen molar-refractivity contribution in [2.75, 3.05) is 11.9 Å². The van der Waals surface area contributed by atoms with Crippen molar-refractivity contribution in [3.63, 3.8) is 0 Å². The summed E-state index contributed by atoms with van der Waals surface area (Å²) < 4.78 is 1.95. The normalized spacial score (nSPS) is 10.9. The first-order valence-corrected chi connectivity index (χ1v) is 9.33. The number of carbonyl (C=O) groups is 1. The summed E-state index contributed by atoms with van der Waals surface area (Å²) in [5.41, 5.74) is 3.87. The molecule has 140 valence electrons. The van der Waals surface area contributed by atoms with Gasteiger partial charge in [0, 0.05) is 23.4 Å². The van der Waals surface area contributed by atoms with Crippen molar-refractivity contribution in [1.82, 2.24) is 19.5 Å². The predicted octanol–water partition coefficient (Wildman–Crippen LogP) is 4.51. The average Bonchev–Trinajstić information content (AvgIpc) is 3.17. The highest BCUT2D eigenvalue weighted by molar-refractivity contribution is 5.95. The summed E-state index contributed by atoms with van der Waals surface area (Å²) in [6.07, 6.45) is 2.74. The highest BCUT2D eigenvalue weighted by Gasteiger charge is 2.15. The minimum atomic E-state index is 0.0154. The number of carbonyl (C=O) groups excluding carboxylic acids is 1. The molecule has 0 saturated carbocycles. The fraction of sp³-hybridized carbons (Fsp3) is 0.182. The molecule has 1 N–H and O–H groups in total. The zero-order valence-electron chi connectivity index (χ0n) is 15.9. The molecule has 0 spiro atoms. The second kappa shape index (κ2) is 7.60. The predicted molar refractivity (Wildman–Crippen MR) is 111 cm³/mol. The van der Waals surface area contributed by atoms with Gasteiger partial charge in [-0.3, -0.25) is 9.36 Å². The second-order valence-electron chi connectivity index (χ2n) is 6.58. The Morgan fingerprint density at radius 2 is 1.89 bits per heavy atom. The van der Waals surface area contributed by atoms with E-state index >= 15 is 0 Å². The number of benzene rings is 2. The number of nitrogens with zero attached hydrogens (tertiary/aromatic N) is 4. The number of anilines is 1. The van der Waals surface area contributed by atoms with Gasteiger partial charge in [0.15, 0.2) is 28.6 Å². The summed E-state index contributed by atoms with van der Waals surface area (Å²) >= 11 is 0. The lowest BCUT2D eigenvalue weighted by molar-refractivity contribution is 0.101. The molecule has 0 fully saturated rings. The minimum absolute atomic E-state index is 0.0154. The number of nitrogens with one attached hydrogen (secondary N) is 1. The summed E-state index contributed by atoms with van der Waals surface area (Å²) in [4.78, 5) is 25.8. The van der Waals surface area contributed by atoms with Crippen molar-refractivity contribution >= 4 is 22.8 Å². The van der Waals surface area contributed by atoms with Crippen LogP contribution in [0.3, 0.4) is 0 Å². The van der Waals surface area contributed by atoms with Gasteiger partial charge in [-0.25, -0.2) is 15.0 Å². The highest BCUT2D eigenvalue weighted by Crippen LogP contribution is 2.26. The zero-order valence-corrected chi connectivity index (χ0v) is 15.9. The van der Waals surface area contributed by atoms with Gasteiger partial charge in [-0.1, -0.05) is 43.3 Å². The molecule has 0 unspecified atom stereocenters. The van der Waals surface area contributed by atoms with Crippen molar-refractivity contribution < 1.29 is 4.79 Å². The van der Waals surface area contributed by atoms with Crippen molar-refractivity contribution in [2.45, 2.75) is 20.3 Å². The molecule has 4 aromatic rings. The molecule has 0 aliphatic heterocycles. The molecule has 0 bridgehead atoms. The first-order chi connectivity index (χ1) is 13.7. The molecule has 6 heteroatoms. The van der Waals surface area contributed by atoms with Gasteiger partial charge < -0.3 is 5.32 Å². The van der Waals surface area contributed by atoms with Crippen LogP contribution in [0.1, 0.15) is 30.6 Å². The molecule has 0 aliphatic carbocycles. The molecular formula is C22H21N5O. The number of para-hydroxylation sites is 1. The summed E-state index contributed by atoms with van der Waals surface area (Å²) in [5, 5.41) is 3.36. The van der Waals surface area contributed by atoms with Crippen LogP contribution >= 0.6 is 0 Å². The monoisotopic (exact) mass is 371 g/mol. The SMILES string of the molecule is CCCNc1nc(-c2cccc(C(C)=O)c2)nc2c1ncn2-c1ccccc1. The number of aromatic nitrogens is 4. The van der Waals surface area contributed by atoms with Gasteiger partial charge in [0.1, 0.15) is 6.33 Å². The molecule has 0 atom stereocenters. The van der Waals surface area contributed by atoms with Crippen LogP contribution in [-0.2, 0) is 0 Å². The maximum Gasteiger partial charge on any atom is 0.170 e. The van der Waals surface area contributed by atoms with E-state index in [0.29, 0.717) is 17.2 Å². The summed E-state index contributed by atoms with van der Waals surface area (Å²) in [6, 6.07) is 17.4. The van der Waals surface area contributed by atoms with Crippen molar-refractivity contribution in [3.8, 4) is 17.1 Å². The fourth-order valence-electron chi connectivity index (χ4n) is 3.05. The molecule has 28 heavy (non-hydrogen) atoms. The van der Waals surface area contributed by atoms with Crippen molar-refractivity contribution in [2.24, 2.45) is 0 Å². The number of rotatable bonds is 6. The molecule has 4 rings (SSSR count). The third-order valence-corrected chi connectivity index (χ3v) is 4.50. The Morgan fingerprint density at radius 3 is 2.64 bits per heavy atom. The van der Waals surface area contributed by atoms with Gasteiger partial charge in [0.05, 0.1) is 0 Å². The third-order valence-electron chi connectivity index (χ3n) is 4.50. The summed E-state index contributed by atoms with van der Waals surface area (Å²) in [6.45, 7) is 4.45. The molecule has 2 aromatic heterocycles. The van der Waals surface area contributed by atoms with E-state index in [1.165, 1.54) is 0 Å². The van der Waals surface area contributed by atoms with E-state index in [1.807, 2.05) is 53.1 Å². The largest absolute Gasteiger partial charge is 0.368 e. The average molecular weight is 371 g/mol. The number of hydrogen-bond donors (Lipinski definition) is 1. The summed E-state index contributed by atoms with van der Waals surface area (Å²) in [5.74, 6) is 1.28. The zero-order chi connectivity index (χ0) is 19.5. The quantitative estimate of drug-likeness (QED) is 0.505. The Kier molecular flexibility index (Phi) is 4.85. The Balaban J connectivity index is 1.92. The molecule has 2 aromatic carbocycles. The molecule has 6 nitrogen and oxygen atoms in total. The molecular weight excluding hydrogens is 350 g/mol. The minimum Gasteiger partial charge on any atom is -0.368 e. The molecule has 0 aliphatic rings. The number of fused-ring (bicyclic) bond motifs is 1. The van der Waals surface area contributed by atoms with Crippen LogP contribution in [0.2, 0.25) is 0 Å². The number of hydrogen-bond acceptors (Lipinski definition) is 5. The van der Waals surface area contributed by atoms with Crippen LogP contribution in [0.5, 0.6) is 0 Å². The lowest BCUT2D eigenvalue weighted by Crippen LogP contribution is -2.06. The van der Waals surface area contributed by atoms with Crippen LogP contribution in [0.15, 0.2) is 60.9 Å². The summed E-state index contributed by atoms with van der Waals surface area (Å²) in [7, 11) is 0. The maximum absolute atomic E-state index is 11.8. The topological polar surface area (TPSA) is 72.7 Å². The Morgan fingerprint density at radius 1 is 1.07 bits per heavy atom. The van der Waals surface area contributed by atoms with E-state index in [4.69, 9.17) is 9.97 Å². The molecule has 0 amide bonds. The number of ketones is 1. The van der Waals surface area contributed by atoms with Crippen LogP contribution in [0, 0.1) is 0 Å². The molecule has 0 saturated heterocycles. The first kappa shape index (κ1) is 17.9. The lowest BCUT2D eigenvalue weighted by Gasteiger charge is -2.10. The Labute approximate surface area is 163 Å². The van der Waals surface area contributed by atoms with Gasteiger partial charge in [-0.2, -0.15) is 0 Å². The highest BCUT2D eigenvalue weighted by atomic mass is 16.1. The van der Waals surface area contributed by atoms with Crippen LogP contribution in [-0.4, -0.2) is 31.8 Å². The standard InChI is InChI=1S/C22H21N5O/c1-3-12-23-21-19-22(27(14-24-19)18-10-5-4-6-11-18)26-20(25-21)17-9-7-8-16(13-17)15(2)28/h4-11,13-14H,3,12H2,1-2H3,(H,23,25,26). The molecule has 2 heterocycles. The van der Waals surface area contributed by atoms with Gasteiger partial charge in [0.2, 0.25) is 0 Å². The Bertz CT molecular complexity index is 1130. The maximum atomic E-state index is 11.8. The van der Waals surface area contributed by atoms with Crippen LogP contribution in [0.4, 0.5) is 5.82 Å². The van der Waals surface area contributed by atoms with Gasteiger partial charge in [-0.15, -0.1) is 0 Å². The number of imidazole rings is 1. The lowest BCUT2D eigenvalue weighted by atomic mass is 10.1. The molecule has 0 radical (unpaired) electrons. The van der Waals surface area contributed by atoms with E-state index in [1.54, 1.807) is 19.3 Å². The van der Waals surface area contributed by atoms with Gasteiger partial charge >= 0.3 is 0 Å². The fourth-order valence-corrected chi connectivity index (χ4v) is 3.05. The van der Waals surface area contributed by atoms with E-state index in [9.17, 15) is 4.79 Å². The van der Waals surface area contributed by atoms with E-state index < -0.39 is 0 Å². The van der Waals surface area contributed by atoms with Gasteiger partial charge in [-0.05, 0) is 31.5 Å². The van der Waals surface area contributed by atoms with E-state index in [2.05, 4.69) is 17.2 Å².